The minimum absolute atomic E-state index is 0.0323. The van der Waals surface area contributed by atoms with E-state index in [4.69, 9.17) is 25.6 Å². The number of nitrogens with zero attached hydrogens (tertiary/aromatic N) is 4. The van der Waals surface area contributed by atoms with Crippen molar-refractivity contribution in [2.45, 2.75) is 30.4 Å². The Morgan fingerprint density at radius 3 is 2.48 bits per heavy atom. The zero-order valence-electron chi connectivity index (χ0n) is 15.9. The molecule has 1 aliphatic heterocycles. The molecular formula is C17H21FN5O7P. The van der Waals surface area contributed by atoms with Crippen molar-refractivity contribution in [2.24, 2.45) is 0 Å². The molecule has 6 atom stereocenters. The molecule has 12 nitrogen and oxygen atoms in total. The van der Waals surface area contributed by atoms with Gasteiger partial charge in [0, 0.05) is 0 Å². The molecule has 0 saturated carbocycles. The lowest BCUT2D eigenvalue weighted by Crippen LogP contribution is -2.33. The quantitative estimate of drug-likeness (QED) is 0.214. The Kier molecular flexibility index (Phi) is 7.28. The molecule has 1 fully saturated rings. The van der Waals surface area contributed by atoms with Gasteiger partial charge in [0.05, 0.1) is 12.9 Å². The summed E-state index contributed by atoms with van der Waals surface area (Å²) in [5.41, 5.74) is 6.20. The van der Waals surface area contributed by atoms with Crippen LogP contribution in [-0.4, -0.2) is 69.8 Å². The first-order valence-corrected chi connectivity index (χ1v) is 10.4. The number of halogens is 1. The van der Waals surface area contributed by atoms with E-state index in [2.05, 4.69) is 15.0 Å². The lowest BCUT2D eigenvalue weighted by Gasteiger charge is -2.16. The second-order valence-electron chi connectivity index (χ2n) is 6.58. The fourth-order valence-corrected chi connectivity index (χ4v) is 3.46. The highest BCUT2D eigenvalue weighted by atomic mass is 31.1. The third-order valence-electron chi connectivity index (χ3n) is 4.56. The van der Waals surface area contributed by atoms with E-state index in [0.29, 0.717) is 5.56 Å². The van der Waals surface area contributed by atoms with Gasteiger partial charge in [0.1, 0.15) is 18.3 Å². The molecule has 2 aromatic heterocycles. The molecule has 2 unspecified atom stereocenters. The fraction of sp³-hybridized carbons (Fsp3) is 0.353. The van der Waals surface area contributed by atoms with Crippen LogP contribution in [0.2, 0.25) is 0 Å². The standard InChI is InChI=1S/C10H12FN5O4.C7H9O3P/c11-10-14-7(12)4-8(15-10)16(2-13-4)9-6(19)5(18)3(1-17)20-9;8-7(11(9)10)6-4-2-1-3-5-6/h2-3,5-6,9,17-19H,1H2,(H2,12,14,15);1-5,7-8,11H,(H,9,10)/t3-,5-,6+,9-;/m1./s1. The predicted octanol–water partition coefficient (Wildman–Crippen LogP) is -0.696. The van der Waals surface area contributed by atoms with E-state index in [1.54, 1.807) is 30.3 Å². The maximum Gasteiger partial charge on any atom is 0.312 e. The third kappa shape index (κ3) is 4.88. The van der Waals surface area contributed by atoms with E-state index in [-0.39, 0.29) is 17.0 Å². The van der Waals surface area contributed by atoms with Gasteiger partial charge in [-0.2, -0.15) is 14.4 Å². The number of aliphatic hydroxyl groups is 4. The van der Waals surface area contributed by atoms with Crippen molar-refractivity contribution in [3.63, 3.8) is 0 Å². The fourth-order valence-electron chi connectivity index (χ4n) is 2.98. The first-order chi connectivity index (χ1) is 14.7. The van der Waals surface area contributed by atoms with Gasteiger partial charge >= 0.3 is 6.08 Å². The molecule has 14 heteroatoms. The number of benzene rings is 1. The number of nitrogens with two attached hydrogens (primary N) is 1. The summed E-state index contributed by atoms with van der Waals surface area (Å²) in [5.74, 6) is -1.36. The van der Waals surface area contributed by atoms with Gasteiger partial charge in [0.2, 0.25) is 8.03 Å². The monoisotopic (exact) mass is 457 g/mol. The molecule has 3 aromatic rings. The topological polar surface area (TPSA) is 197 Å². The molecule has 168 valence electrons. The van der Waals surface area contributed by atoms with Crippen molar-refractivity contribution in [3.8, 4) is 0 Å². The zero-order chi connectivity index (χ0) is 22.7. The molecule has 7 N–H and O–H groups in total. The largest absolute Gasteiger partial charge is 0.394 e. The van der Waals surface area contributed by atoms with E-state index in [1.807, 2.05) is 0 Å². The van der Waals surface area contributed by atoms with Crippen molar-refractivity contribution in [1.82, 2.24) is 19.5 Å². The average molecular weight is 457 g/mol. The van der Waals surface area contributed by atoms with E-state index in [1.165, 1.54) is 10.9 Å². The Balaban J connectivity index is 0.000000210. The average Bonchev–Trinajstić information content (AvgIpc) is 3.29. The van der Waals surface area contributed by atoms with E-state index < -0.39 is 51.1 Å². The number of nitrogen functional groups attached to an aromatic ring is 1. The SMILES string of the molecule is Nc1nc(F)nc2c1ncn2[C@@H]1O[C@H](CO)[C@@H](O)[C@@H]1O.O=[PH](O)C(O)c1ccccc1. The van der Waals surface area contributed by atoms with Crippen molar-refractivity contribution in [2.75, 3.05) is 12.3 Å². The van der Waals surface area contributed by atoms with Crippen LogP contribution in [-0.2, 0) is 9.30 Å². The van der Waals surface area contributed by atoms with Crippen molar-refractivity contribution < 1.29 is 39.0 Å². The number of anilines is 1. The molecule has 0 bridgehead atoms. The molecule has 1 saturated heterocycles. The maximum absolute atomic E-state index is 13.2. The highest BCUT2D eigenvalue weighted by Gasteiger charge is 2.44. The number of rotatable bonds is 4. The normalized spacial score (nSPS) is 25.1. The van der Waals surface area contributed by atoms with Crippen molar-refractivity contribution in [3.05, 3.63) is 48.3 Å². The van der Waals surface area contributed by atoms with Crippen LogP contribution in [0.5, 0.6) is 0 Å². The minimum Gasteiger partial charge on any atom is -0.394 e. The van der Waals surface area contributed by atoms with Crippen LogP contribution in [0.3, 0.4) is 0 Å². The van der Waals surface area contributed by atoms with Crippen molar-refractivity contribution in [1.29, 1.82) is 0 Å². The Morgan fingerprint density at radius 2 is 1.90 bits per heavy atom. The summed E-state index contributed by atoms with van der Waals surface area (Å²) in [6.45, 7) is -0.465. The second-order valence-corrected chi connectivity index (χ2v) is 7.81. The first-order valence-electron chi connectivity index (χ1n) is 8.98. The number of aliphatic hydroxyl groups excluding tert-OH is 4. The summed E-state index contributed by atoms with van der Waals surface area (Å²) < 4.78 is 30.2. The summed E-state index contributed by atoms with van der Waals surface area (Å²) in [7, 11) is -2.86. The van der Waals surface area contributed by atoms with Crippen molar-refractivity contribution >= 4 is 25.0 Å². The molecule has 0 aliphatic carbocycles. The zero-order valence-corrected chi connectivity index (χ0v) is 16.9. The van der Waals surface area contributed by atoms with E-state index in [9.17, 15) is 19.2 Å². The summed E-state index contributed by atoms with van der Waals surface area (Å²) in [6, 6.07) is 8.43. The molecule has 0 radical (unpaired) electrons. The van der Waals surface area contributed by atoms with Gasteiger partial charge in [0.25, 0.3) is 0 Å². The van der Waals surface area contributed by atoms with Gasteiger partial charge in [-0.15, -0.1) is 0 Å². The summed E-state index contributed by atoms with van der Waals surface area (Å²) in [6.07, 6.45) is -4.38. The van der Waals surface area contributed by atoms with Gasteiger partial charge in [-0.05, 0) is 5.56 Å². The van der Waals surface area contributed by atoms with Gasteiger partial charge in [-0.25, -0.2) is 4.98 Å². The summed E-state index contributed by atoms with van der Waals surface area (Å²) in [5, 5.41) is 37.8. The Labute approximate surface area is 175 Å². The first kappa shape index (κ1) is 23.2. The molecule has 1 aliphatic rings. The van der Waals surface area contributed by atoms with Crippen LogP contribution < -0.4 is 5.73 Å². The van der Waals surface area contributed by atoms with Gasteiger partial charge in [0.15, 0.2) is 29.1 Å². The lowest BCUT2D eigenvalue weighted by molar-refractivity contribution is -0.0511. The number of hydrogen-bond acceptors (Lipinski definition) is 10. The van der Waals surface area contributed by atoms with Crippen LogP contribution in [0.1, 0.15) is 17.6 Å². The van der Waals surface area contributed by atoms with Gasteiger partial charge in [-0.1, -0.05) is 30.3 Å². The van der Waals surface area contributed by atoms with E-state index in [0.717, 1.165) is 0 Å². The van der Waals surface area contributed by atoms with Crippen LogP contribution >= 0.6 is 8.03 Å². The molecule has 31 heavy (non-hydrogen) atoms. The smallest absolute Gasteiger partial charge is 0.312 e. The molecule has 1 aromatic carbocycles. The molecule has 4 rings (SSSR count). The van der Waals surface area contributed by atoms with Gasteiger partial charge in [-0.3, -0.25) is 9.13 Å². The lowest BCUT2D eigenvalue weighted by atomic mass is 10.1. The molecule has 3 heterocycles. The van der Waals surface area contributed by atoms with Gasteiger partial charge < -0.3 is 35.8 Å². The number of ether oxygens (including phenoxy) is 1. The Morgan fingerprint density at radius 1 is 1.23 bits per heavy atom. The number of aromatic nitrogens is 4. The van der Waals surface area contributed by atoms with E-state index >= 15 is 0 Å². The highest BCUT2D eigenvalue weighted by Crippen LogP contribution is 2.34. The molecular weight excluding hydrogens is 436 g/mol. The van der Waals surface area contributed by atoms with Crippen LogP contribution in [0, 0.1) is 6.08 Å². The predicted molar refractivity (Wildman–Crippen MR) is 105 cm³/mol. The maximum atomic E-state index is 13.2. The van der Waals surface area contributed by atoms with Crippen LogP contribution in [0.25, 0.3) is 11.2 Å². The molecule has 0 spiro atoms. The van der Waals surface area contributed by atoms with Crippen LogP contribution in [0.15, 0.2) is 36.7 Å². The second kappa shape index (κ2) is 9.75. The Bertz CT molecular complexity index is 1060. The minimum atomic E-state index is -2.86. The van der Waals surface area contributed by atoms with Crippen LogP contribution in [0.4, 0.5) is 10.2 Å². The number of hydrogen-bond donors (Lipinski definition) is 6. The molecule has 0 amide bonds. The number of fused-ring (bicyclic) bond motifs is 1. The number of imidazole rings is 1. The highest BCUT2D eigenvalue weighted by molar-refractivity contribution is 7.38. The summed E-state index contributed by atoms with van der Waals surface area (Å²) in [4.78, 5) is 19.4. The third-order valence-corrected chi connectivity index (χ3v) is 5.36. The summed E-state index contributed by atoms with van der Waals surface area (Å²) >= 11 is 0. The Hall–Kier alpha value is -2.51.